The Balaban J connectivity index is 1.95. The lowest BCUT2D eigenvalue weighted by Crippen LogP contribution is -2.02. The van der Waals surface area contributed by atoms with Crippen molar-refractivity contribution in [3.63, 3.8) is 0 Å². The van der Waals surface area contributed by atoms with Crippen molar-refractivity contribution in [3.8, 4) is 0 Å². The van der Waals surface area contributed by atoms with E-state index in [1.165, 1.54) is 12.7 Å². The predicted octanol–water partition coefficient (Wildman–Crippen LogP) is 1.37. The molecule has 0 fully saturated rings. The maximum Gasteiger partial charge on any atom is 0.360 e. The quantitative estimate of drug-likeness (QED) is 0.754. The van der Waals surface area contributed by atoms with Crippen LogP contribution in [0.1, 0.15) is 16.1 Å². The van der Waals surface area contributed by atoms with Gasteiger partial charge in [0.25, 0.3) is 0 Å². The number of nitrogens with zero attached hydrogens (tertiary/aromatic N) is 3. The fraction of sp³-hybridized carbons (Fsp3) is 0.300. The number of aromatic nitrogens is 3. The van der Waals surface area contributed by atoms with Gasteiger partial charge in [-0.2, -0.15) is 11.3 Å². The van der Waals surface area contributed by atoms with Gasteiger partial charge in [-0.15, -0.1) is 5.10 Å². The Morgan fingerprint density at radius 2 is 2.50 bits per heavy atom. The number of rotatable bonds is 4. The van der Waals surface area contributed by atoms with Crippen LogP contribution < -0.4 is 0 Å². The molecule has 0 atom stereocenters. The number of aryl methyl sites for hydroxylation is 2. The highest BCUT2D eigenvalue weighted by atomic mass is 32.1. The topological polar surface area (TPSA) is 57.0 Å². The van der Waals surface area contributed by atoms with Gasteiger partial charge in [-0.05, 0) is 28.8 Å². The molecular formula is C10H11N3O2S. The van der Waals surface area contributed by atoms with Crippen LogP contribution in [0.4, 0.5) is 0 Å². The fourth-order valence-corrected chi connectivity index (χ4v) is 1.99. The number of esters is 1. The number of ether oxygens (including phenoxy) is 1. The maximum absolute atomic E-state index is 11.1. The van der Waals surface area contributed by atoms with E-state index >= 15 is 0 Å². The van der Waals surface area contributed by atoms with Crippen LogP contribution in [0.3, 0.4) is 0 Å². The molecule has 2 aromatic rings. The molecule has 0 aliphatic carbocycles. The molecule has 0 aliphatic heterocycles. The summed E-state index contributed by atoms with van der Waals surface area (Å²) in [5.74, 6) is -0.457. The van der Waals surface area contributed by atoms with E-state index in [9.17, 15) is 4.79 Å². The van der Waals surface area contributed by atoms with Crippen molar-refractivity contribution in [3.05, 3.63) is 34.3 Å². The van der Waals surface area contributed by atoms with Gasteiger partial charge in [0.15, 0.2) is 5.69 Å². The van der Waals surface area contributed by atoms with Gasteiger partial charge in [-0.25, -0.2) is 4.79 Å². The predicted molar refractivity (Wildman–Crippen MR) is 59.4 cm³/mol. The molecule has 0 aliphatic rings. The van der Waals surface area contributed by atoms with Crippen LogP contribution in [0.25, 0.3) is 0 Å². The summed E-state index contributed by atoms with van der Waals surface area (Å²) in [6, 6.07) is 2.07. The van der Waals surface area contributed by atoms with Crippen molar-refractivity contribution in [2.45, 2.75) is 13.0 Å². The van der Waals surface area contributed by atoms with Crippen LogP contribution in [0.5, 0.6) is 0 Å². The van der Waals surface area contributed by atoms with E-state index in [4.69, 9.17) is 0 Å². The van der Waals surface area contributed by atoms with Crippen molar-refractivity contribution < 1.29 is 9.53 Å². The monoisotopic (exact) mass is 237 g/mol. The molecule has 2 aromatic heterocycles. The Bertz CT molecular complexity index is 464. The van der Waals surface area contributed by atoms with Crippen molar-refractivity contribution in [1.82, 2.24) is 15.0 Å². The van der Waals surface area contributed by atoms with Crippen LogP contribution in [-0.2, 0) is 17.7 Å². The number of methoxy groups -OCH3 is 1. The lowest BCUT2D eigenvalue weighted by molar-refractivity contribution is 0.0594. The van der Waals surface area contributed by atoms with Crippen molar-refractivity contribution in [1.29, 1.82) is 0 Å². The van der Waals surface area contributed by atoms with Gasteiger partial charge >= 0.3 is 5.97 Å². The van der Waals surface area contributed by atoms with Gasteiger partial charge in [0.05, 0.1) is 13.3 Å². The van der Waals surface area contributed by atoms with Crippen LogP contribution in [0.2, 0.25) is 0 Å². The fourth-order valence-electron chi connectivity index (χ4n) is 1.28. The summed E-state index contributed by atoms with van der Waals surface area (Å²) in [6.07, 6.45) is 2.48. The average Bonchev–Trinajstić information content (AvgIpc) is 2.96. The second-order valence-corrected chi connectivity index (χ2v) is 4.02. The summed E-state index contributed by atoms with van der Waals surface area (Å²) in [6.45, 7) is 0.709. The van der Waals surface area contributed by atoms with Crippen molar-refractivity contribution in [2.24, 2.45) is 0 Å². The number of carbonyl (C=O) groups excluding carboxylic acids is 1. The first-order valence-electron chi connectivity index (χ1n) is 4.79. The minimum Gasteiger partial charge on any atom is -0.464 e. The van der Waals surface area contributed by atoms with Crippen LogP contribution in [0.15, 0.2) is 23.0 Å². The number of hydrogen-bond acceptors (Lipinski definition) is 5. The summed E-state index contributed by atoms with van der Waals surface area (Å²) < 4.78 is 6.19. The number of carbonyl (C=O) groups is 1. The van der Waals surface area contributed by atoms with E-state index in [1.54, 1.807) is 22.2 Å². The largest absolute Gasteiger partial charge is 0.464 e. The molecule has 0 saturated heterocycles. The van der Waals surface area contributed by atoms with Crippen LogP contribution in [0, 0.1) is 0 Å². The zero-order valence-corrected chi connectivity index (χ0v) is 9.61. The highest BCUT2D eigenvalue weighted by Crippen LogP contribution is 2.07. The SMILES string of the molecule is COC(=O)c1cn(CCc2ccsc2)nn1. The second-order valence-electron chi connectivity index (χ2n) is 3.24. The van der Waals surface area contributed by atoms with Crippen molar-refractivity contribution in [2.75, 3.05) is 7.11 Å². The zero-order chi connectivity index (χ0) is 11.4. The molecule has 16 heavy (non-hydrogen) atoms. The molecule has 0 unspecified atom stereocenters. The highest BCUT2D eigenvalue weighted by Gasteiger charge is 2.10. The van der Waals surface area contributed by atoms with Gasteiger partial charge < -0.3 is 4.74 Å². The normalized spacial score (nSPS) is 10.3. The molecule has 5 nitrogen and oxygen atoms in total. The van der Waals surface area contributed by atoms with Gasteiger partial charge in [0.2, 0.25) is 0 Å². The number of thiophene rings is 1. The summed E-state index contributed by atoms with van der Waals surface area (Å²) in [5.41, 5.74) is 1.51. The number of hydrogen-bond donors (Lipinski definition) is 0. The lowest BCUT2D eigenvalue weighted by Gasteiger charge is -1.97. The first kappa shape index (κ1) is 10.8. The van der Waals surface area contributed by atoms with Crippen LogP contribution >= 0.6 is 11.3 Å². The second kappa shape index (κ2) is 4.89. The highest BCUT2D eigenvalue weighted by molar-refractivity contribution is 7.07. The third-order valence-electron chi connectivity index (χ3n) is 2.14. The third kappa shape index (κ3) is 2.46. The molecule has 2 rings (SSSR count). The Kier molecular flexibility index (Phi) is 3.31. The molecule has 0 spiro atoms. The average molecular weight is 237 g/mol. The van der Waals surface area contributed by atoms with Crippen LogP contribution in [-0.4, -0.2) is 28.1 Å². The first-order valence-corrected chi connectivity index (χ1v) is 5.73. The maximum atomic E-state index is 11.1. The molecule has 0 saturated carbocycles. The van der Waals surface area contributed by atoms with Gasteiger partial charge in [0.1, 0.15) is 0 Å². The zero-order valence-electron chi connectivity index (χ0n) is 8.79. The first-order chi connectivity index (χ1) is 7.79. The van der Waals surface area contributed by atoms with E-state index in [0.29, 0.717) is 6.54 Å². The van der Waals surface area contributed by atoms with E-state index in [1.807, 2.05) is 5.38 Å². The van der Waals surface area contributed by atoms with E-state index in [2.05, 4.69) is 26.5 Å². The van der Waals surface area contributed by atoms with E-state index in [-0.39, 0.29) is 5.69 Å². The molecule has 0 N–H and O–H groups in total. The summed E-state index contributed by atoms with van der Waals surface area (Å²) in [7, 11) is 1.33. The summed E-state index contributed by atoms with van der Waals surface area (Å²) in [4.78, 5) is 11.1. The Hall–Kier alpha value is -1.69. The molecule has 0 bridgehead atoms. The molecule has 0 radical (unpaired) electrons. The molecular weight excluding hydrogens is 226 g/mol. The molecule has 6 heteroatoms. The third-order valence-corrected chi connectivity index (χ3v) is 2.87. The molecule has 0 aromatic carbocycles. The molecule has 84 valence electrons. The smallest absolute Gasteiger partial charge is 0.360 e. The van der Waals surface area contributed by atoms with Gasteiger partial charge in [-0.1, -0.05) is 5.21 Å². The minimum atomic E-state index is -0.457. The van der Waals surface area contributed by atoms with Gasteiger partial charge in [-0.3, -0.25) is 4.68 Å². The van der Waals surface area contributed by atoms with Crippen molar-refractivity contribution >= 4 is 17.3 Å². The van der Waals surface area contributed by atoms with Gasteiger partial charge in [0, 0.05) is 6.54 Å². The van der Waals surface area contributed by atoms with E-state index in [0.717, 1.165) is 6.42 Å². The lowest BCUT2D eigenvalue weighted by atomic mass is 10.2. The summed E-state index contributed by atoms with van der Waals surface area (Å²) >= 11 is 1.67. The molecule has 2 heterocycles. The Labute approximate surface area is 96.7 Å². The van der Waals surface area contributed by atoms with E-state index < -0.39 is 5.97 Å². The summed E-state index contributed by atoms with van der Waals surface area (Å²) in [5, 5.41) is 11.7. The minimum absolute atomic E-state index is 0.243. The molecule has 0 amide bonds. The Morgan fingerprint density at radius 3 is 3.19 bits per heavy atom. The Morgan fingerprint density at radius 1 is 1.62 bits per heavy atom. The standard InChI is InChI=1S/C10H11N3O2S/c1-15-10(14)9-6-13(12-11-9)4-2-8-3-5-16-7-8/h3,5-7H,2,4H2,1H3.